The number of methoxy groups -OCH3 is 1. The molecule has 3 aromatic carbocycles. The Balaban J connectivity index is 1.77. The number of ether oxygens (including phenoxy) is 1. The molecule has 0 unspecified atom stereocenters. The third-order valence-corrected chi connectivity index (χ3v) is 4.81. The van der Waals surface area contributed by atoms with Crippen LogP contribution in [-0.4, -0.2) is 18.8 Å². The Morgan fingerprint density at radius 3 is 2.53 bits per heavy atom. The highest BCUT2D eigenvalue weighted by atomic mass is 19.1. The van der Waals surface area contributed by atoms with Crippen LogP contribution in [0.5, 0.6) is 5.75 Å². The molecule has 150 valence electrons. The first kappa shape index (κ1) is 19.4. The Morgan fingerprint density at radius 2 is 1.77 bits per heavy atom. The van der Waals surface area contributed by atoms with E-state index in [1.54, 1.807) is 55.5 Å². The summed E-state index contributed by atoms with van der Waals surface area (Å²) in [5.74, 6) is -0.962. The summed E-state index contributed by atoms with van der Waals surface area (Å²) in [7, 11) is 1.51. The molecule has 1 aromatic heterocycles. The van der Waals surface area contributed by atoms with E-state index in [1.807, 2.05) is 0 Å². The minimum atomic E-state index is -0.522. The van der Waals surface area contributed by atoms with Gasteiger partial charge < -0.3 is 14.5 Å². The van der Waals surface area contributed by atoms with Crippen molar-refractivity contribution in [2.45, 2.75) is 6.92 Å². The standard InChI is InChI=1S/C24H18FNO4/c1-14-10-11-15(13-19(14)25)22(27)23-21(18-8-3-4-9-20(18)30-23)26-24(28)16-6-5-7-17(12-16)29-2/h3-13H,1-2H3,(H,26,28). The van der Waals surface area contributed by atoms with E-state index in [9.17, 15) is 14.0 Å². The van der Waals surface area contributed by atoms with Crippen molar-refractivity contribution in [3.63, 3.8) is 0 Å². The van der Waals surface area contributed by atoms with Gasteiger partial charge in [-0.25, -0.2) is 4.39 Å². The van der Waals surface area contributed by atoms with Crippen LogP contribution in [0.3, 0.4) is 0 Å². The summed E-state index contributed by atoms with van der Waals surface area (Å²) in [5.41, 5.74) is 1.61. The molecule has 0 aliphatic heterocycles. The molecule has 0 saturated heterocycles. The molecule has 1 amide bonds. The largest absolute Gasteiger partial charge is 0.497 e. The van der Waals surface area contributed by atoms with Crippen molar-refractivity contribution in [3.8, 4) is 5.75 Å². The van der Waals surface area contributed by atoms with Crippen molar-refractivity contribution in [1.82, 2.24) is 0 Å². The van der Waals surface area contributed by atoms with E-state index in [4.69, 9.17) is 9.15 Å². The normalized spacial score (nSPS) is 10.8. The van der Waals surface area contributed by atoms with E-state index in [1.165, 1.54) is 25.3 Å². The summed E-state index contributed by atoms with van der Waals surface area (Å²) in [5, 5.41) is 3.35. The van der Waals surface area contributed by atoms with E-state index >= 15 is 0 Å². The third-order valence-electron chi connectivity index (χ3n) is 4.81. The summed E-state index contributed by atoms with van der Waals surface area (Å²) in [6.45, 7) is 1.62. The number of hydrogen-bond donors (Lipinski definition) is 1. The van der Waals surface area contributed by atoms with Gasteiger partial charge in [0.2, 0.25) is 5.78 Å². The van der Waals surface area contributed by atoms with Crippen LogP contribution in [0.2, 0.25) is 0 Å². The molecule has 0 aliphatic rings. The molecule has 4 aromatic rings. The van der Waals surface area contributed by atoms with Crippen LogP contribution in [0.4, 0.5) is 10.1 Å². The molecule has 0 bridgehead atoms. The number of anilines is 1. The summed E-state index contributed by atoms with van der Waals surface area (Å²) >= 11 is 0. The van der Waals surface area contributed by atoms with Crippen LogP contribution in [0, 0.1) is 12.7 Å². The van der Waals surface area contributed by atoms with Gasteiger partial charge in [0.1, 0.15) is 17.1 Å². The number of halogens is 1. The van der Waals surface area contributed by atoms with Crippen LogP contribution in [0.15, 0.2) is 71.1 Å². The second kappa shape index (κ2) is 7.83. The second-order valence-corrected chi connectivity index (χ2v) is 6.78. The highest BCUT2D eigenvalue weighted by molar-refractivity contribution is 6.18. The number of furan rings is 1. The molecule has 0 aliphatic carbocycles. The van der Waals surface area contributed by atoms with Gasteiger partial charge in [-0.15, -0.1) is 0 Å². The minimum absolute atomic E-state index is 0.0595. The number of benzene rings is 3. The zero-order valence-electron chi connectivity index (χ0n) is 16.4. The van der Waals surface area contributed by atoms with E-state index < -0.39 is 17.5 Å². The van der Waals surface area contributed by atoms with Crippen LogP contribution in [-0.2, 0) is 0 Å². The molecule has 0 spiro atoms. The maximum atomic E-state index is 14.0. The van der Waals surface area contributed by atoms with Gasteiger partial charge >= 0.3 is 0 Å². The first-order valence-corrected chi connectivity index (χ1v) is 9.25. The third kappa shape index (κ3) is 3.55. The number of amides is 1. The Morgan fingerprint density at radius 1 is 0.967 bits per heavy atom. The fraction of sp³-hybridized carbons (Fsp3) is 0.0833. The molecule has 0 saturated carbocycles. The maximum Gasteiger partial charge on any atom is 0.255 e. The van der Waals surface area contributed by atoms with Gasteiger partial charge in [-0.1, -0.05) is 30.3 Å². The molecule has 5 nitrogen and oxygen atoms in total. The smallest absolute Gasteiger partial charge is 0.255 e. The van der Waals surface area contributed by atoms with Gasteiger partial charge in [0.25, 0.3) is 5.91 Å². The zero-order valence-corrected chi connectivity index (χ0v) is 16.4. The van der Waals surface area contributed by atoms with Gasteiger partial charge in [-0.05, 0) is 48.9 Å². The predicted molar refractivity (Wildman–Crippen MR) is 112 cm³/mol. The van der Waals surface area contributed by atoms with Crippen molar-refractivity contribution in [2.75, 3.05) is 12.4 Å². The molecule has 0 radical (unpaired) electrons. The number of rotatable bonds is 5. The van der Waals surface area contributed by atoms with Crippen LogP contribution in [0.25, 0.3) is 11.0 Å². The Hall–Kier alpha value is -3.93. The summed E-state index contributed by atoms with van der Waals surface area (Å²) in [4.78, 5) is 25.9. The predicted octanol–water partition coefficient (Wildman–Crippen LogP) is 5.37. The zero-order chi connectivity index (χ0) is 21.3. The Labute approximate surface area is 172 Å². The first-order chi connectivity index (χ1) is 14.5. The Kier molecular flexibility index (Phi) is 5.06. The highest BCUT2D eigenvalue weighted by Gasteiger charge is 2.24. The van der Waals surface area contributed by atoms with Gasteiger partial charge in [0.05, 0.1) is 12.8 Å². The number of hydrogen-bond acceptors (Lipinski definition) is 4. The van der Waals surface area contributed by atoms with Crippen LogP contribution >= 0.6 is 0 Å². The van der Waals surface area contributed by atoms with Crippen molar-refractivity contribution < 1.29 is 23.1 Å². The number of carbonyl (C=O) groups is 2. The molecular weight excluding hydrogens is 385 g/mol. The number of aryl methyl sites for hydroxylation is 1. The van der Waals surface area contributed by atoms with Crippen LogP contribution in [0.1, 0.15) is 32.0 Å². The number of carbonyl (C=O) groups excluding carboxylic acids is 2. The van der Waals surface area contributed by atoms with Crippen molar-refractivity contribution >= 4 is 28.3 Å². The monoisotopic (exact) mass is 403 g/mol. The fourth-order valence-electron chi connectivity index (χ4n) is 3.14. The lowest BCUT2D eigenvalue weighted by atomic mass is 10.0. The highest BCUT2D eigenvalue weighted by Crippen LogP contribution is 2.33. The van der Waals surface area contributed by atoms with Crippen molar-refractivity contribution in [1.29, 1.82) is 0 Å². The quantitative estimate of drug-likeness (QED) is 0.455. The summed E-state index contributed by atoms with van der Waals surface area (Å²) in [6.07, 6.45) is 0. The minimum Gasteiger partial charge on any atom is -0.497 e. The molecule has 1 heterocycles. The average Bonchev–Trinajstić information content (AvgIpc) is 3.13. The number of ketones is 1. The van der Waals surface area contributed by atoms with Crippen LogP contribution < -0.4 is 10.1 Å². The maximum absolute atomic E-state index is 14.0. The second-order valence-electron chi connectivity index (χ2n) is 6.78. The SMILES string of the molecule is COc1cccc(C(=O)Nc2c(C(=O)c3ccc(C)c(F)c3)oc3ccccc23)c1. The molecule has 1 N–H and O–H groups in total. The fourth-order valence-corrected chi connectivity index (χ4v) is 3.14. The molecule has 0 fully saturated rings. The van der Waals surface area contributed by atoms with E-state index in [0.29, 0.717) is 27.8 Å². The van der Waals surface area contributed by atoms with Crippen molar-refractivity contribution in [2.24, 2.45) is 0 Å². The number of fused-ring (bicyclic) bond motifs is 1. The van der Waals surface area contributed by atoms with Gasteiger partial charge in [0, 0.05) is 16.5 Å². The number of nitrogens with one attached hydrogen (secondary N) is 1. The number of para-hydroxylation sites is 1. The summed E-state index contributed by atoms with van der Waals surface area (Å²) < 4.78 is 24.9. The molecule has 30 heavy (non-hydrogen) atoms. The van der Waals surface area contributed by atoms with E-state index in [2.05, 4.69) is 5.32 Å². The molecule has 6 heteroatoms. The van der Waals surface area contributed by atoms with E-state index in [-0.39, 0.29) is 17.0 Å². The lowest BCUT2D eigenvalue weighted by Crippen LogP contribution is -2.14. The lowest BCUT2D eigenvalue weighted by Gasteiger charge is -2.08. The van der Waals surface area contributed by atoms with E-state index in [0.717, 1.165) is 0 Å². The van der Waals surface area contributed by atoms with Gasteiger partial charge in [0.15, 0.2) is 5.76 Å². The average molecular weight is 403 g/mol. The Bertz CT molecular complexity index is 1280. The molecule has 0 atom stereocenters. The van der Waals surface area contributed by atoms with Gasteiger partial charge in [-0.2, -0.15) is 0 Å². The van der Waals surface area contributed by atoms with Crippen molar-refractivity contribution in [3.05, 3.63) is 95.0 Å². The molecular formula is C24H18FNO4. The topological polar surface area (TPSA) is 68.5 Å². The first-order valence-electron chi connectivity index (χ1n) is 9.25. The van der Waals surface area contributed by atoms with Gasteiger partial charge in [-0.3, -0.25) is 9.59 Å². The lowest BCUT2D eigenvalue weighted by molar-refractivity contribution is 0.101. The molecule has 4 rings (SSSR count). The summed E-state index contributed by atoms with van der Waals surface area (Å²) in [6, 6.07) is 17.9.